The zero-order chi connectivity index (χ0) is 17.8. The number of carbonyl (C=O) groups is 1. The number of carbonyl (C=O) groups excluding carboxylic acids is 1. The smallest absolute Gasteiger partial charge is 0.340 e. The Labute approximate surface area is 152 Å². The van der Waals surface area contributed by atoms with Gasteiger partial charge in [0.05, 0.1) is 29.9 Å². The van der Waals surface area contributed by atoms with Crippen molar-refractivity contribution in [2.24, 2.45) is 0 Å². The summed E-state index contributed by atoms with van der Waals surface area (Å²) in [6.07, 6.45) is 0. The van der Waals surface area contributed by atoms with Gasteiger partial charge in [-0.25, -0.2) is 4.79 Å². The van der Waals surface area contributed by atoms with E-state index in [4.69, 9.17) is 21.3 Å². The third kappa shape index (κ3) is 3.91. The zero-order valence-electron chi connectivity index (χ0n) is 14.2. The fraction of sp³-hybridized carbons (Fsp3) is 0.200. The summed E-state index contributed by atoms with van der Waals surface area (Å²) in [6, 6.07) is 17.2. The molecule has 25 heavy (non-hydrogen) atoms. The van der Waals surface area contributed by atoms with Crippen LogP contribution in [-0.2, 0) is 11.3 Å². The highest BCUT2D eigenvalue weighted by atomic mass is 35.5. The molecule has 0 aliphatic rings. The Morgan fingerprint density at radius 3 is 2.72 bits per heavy atom. The normalized spacial score (nSPS) is 10.7. The second kappa shape index (κ2) is 7.53. The van der Waals surface area contributed by atoms with E-state index in [-0.39, 0.29) is 5.97 Å². The van der Waals surface area contributed by atoms with Gasteiger partial charge in [-0.2, -0.15) is 0 Å². The number of anilines is 1. The van der Waals surface area contributed by atoms with Crippen LogP contribution in [0.4, 0.5) is 5.69 Å². The number of rotatable bonds is 5. The van der Waals surface area contributed by atoms with Gasteiger partial charge in [-0.1, -0.05) is 35.9 Å². The summed E-state index contributed by atoms with van der Waals surface area (Å²) in [6.45, 7) is 2.60. The quantitative estimate of drug-likeness (QED) is 0.623. The highest BCUT2D eigenvalue weighted by Crippen LogP contribution is 2.23. The van der Waals surface area contributed by atoms with E-state index in [0.29, 0.717) is 29.4 Å². The summed E-state index contributed by atoms with van der Waals surface area (Å²) in [7, 11) is 1.94. The van der Waals surface area contributed by atoms with Crippen LogP contribution in [-0.4, -0.2) is 24.6 Å². The van der Waals surface area contributed by atoms with E-state index < -0.39 is 0 Å². The van der Waals surface area contributed by atoms with E-state index in [9.17, 15) is 4.79 Å². The molecule has 2 aromatic carbocycles. The van der Waals surface area contributed by atoms with Crippen LogP contribution < -0.4 is 4.90 Å². The number of hydrogen-bond donors (Lipinski definition) is 0. The Bertz CT molecular complexity index is 911. The molecule has 0 N–H and O–H groups in total. The van der Waals surface area contributed by atoms with Gasteiger partial charge in [0.2, 0.25) is 0 Å². The Kier molecular flexibility index (Phi) is 5.19. The van der Waals surface area contributed by atoms with Gasteiger partial charge in [-0.05, 0) is 37.3 Å². The molecular formula is C20H19ClN2O2. The number of pyridine rings is 1. The molecule has 3 rings (SSSR count). The first kappa shape index (κ1) is 17.2. The van der Waals surface area contributed by atoms with Crippen molar-refractivity contribution in [2.75, 3.05) is 18.6 Å². The molecule has 0 spiro atoms. The Hall–Kier alpha value is -2.59. The van der Waals surface area contributed by atoms with Gasteiger partial charge in [-0.15, -0.1) is 0 Å². The fourth-order valence-electron chi connectivity index (χ4n) is 2.69. The summed E-state index contributed by atoms with van der Waals surface area (Å²) in [4.78, 5) is 19.1. The fourth-order valence-corrected chi connectivity index (χ4v) is 2.88. The van der Waals surface area contributed by atoms with E-state index in [2.05, 4.69) is 0 Å². The zero-order valence-corrected chi connectivity index (χ0v) is 15.0. The summed E-state index contributed by atoms with van der Waals surface area (Å²) < 4.78 is 5.21. The first-order chi connectivity index (χ1) is 12.1. The lowest BCUT2D eigenvalue weighted by atomic mass is 10.1. The van der Waals surface area contributed by atoms with Crippen LogP contribution in [0, 0.1) is 0 Å². The van der Waals surface area contributed by atoms with Gasteiger partial charge >= 0.3 is 5.97 Å². The number of aromatic nitrogens is 1. The second-order valence-electron chi connectivity index (χ2n) is 5.73. The molecule has 0 saturated carbocycles. The predicted molar refractivity (Wildman–Crippen MR) is 101 cm³/mol. The SMILES string of the molecule is CCOC(=O)c1cc2ccccc2nc1CN(C)c1cccc(Cl)c1. The van der Waals surface area contributed by atoms with Crippen LogP contribution in [0.3, 0.4) is 0 Å². The Morgan fingerprint density at radius 1 is 1.16 bits per heavy atom. The molecule has 0 radical (unpaired) electrons. The maximum absolute atomic E-state index is 12.4. The maximum atomic E-state index is 12.4. The molecule has 4 nitrogen and oxygen atoms in total. The average Bonchev–Trinajstić information content (AvgIpc) is 2.61. The molecule has 5 heteroatoms. The number of para-hydroxylation sites is 1. The predicted octanol–water partition coefficient (Wildman–Crippen LogP) is 4.70. The van der Waals surface area contributed by atoms with Crippen molar-refractivity contribution in [1.29, 1.82) is 0 Å². The molecule has 128 valence electrons. The lowest BCUT2D eigenvalue weighted by Gasteiger charge is -2.20. The van der Waals surface area contributed by atoms with Crippen molar-refractivity contribution in [3.63, 3.8) is 0 Å². The van der Waals surface area contributed by atoms with Gasteiger partial charge < -0.3 is 9.64 Å². The van der Waals surface area contributed by atoms with Crippen molar-refractivity contribution in [1.82, 2.24) is 4.98 Å². The highest BCUT2D eigenvalue weighted by molar-refractivity contribution is 6.30. The number of benzene rings is 2. The minimum Gasteiger partial charge on any atom is -0.462 e. The molecule has 0 aliphatic heterocycles. The second-order valence-corrected chi connectivity index (χ2v) is 6.17. The van der Waals surface area contributed by atoms with Gasteiger partial charge in [0, 0.05) is 23.1 Å². The first-order valence-corrected chi connectivity index (χ1v) is 8.48. The summed E-state index contributed by atoms with van der Waals surface area (Å²) in [5.74, 6) is -0.352. The summed E-state index contributed by atoms with van der Waals surface area (Å²) in [5.41, 5.74) is 2.98. The van der Waals surface area contributed by atoms with E-state index in [0.717, 1.165) is 16.6 Å². The van der Waals surface area contributed by atoms with Crippen molar-refractivity contribution in [2.45, 2.75) is 13.5 Å². The monoisotopic (exact) mass is 354 g/mol. The topological polar surface area (TPSA) is 42.4 Å². The largest absolute Gasteiger partial charge is 0.462 e. The van der Waals surface area contributed by atoms with Crippen LogP contribution in [0.15, 0.2) is 54.6 Å². The van der Waals surface area contributed by atoms with Gasteiger partial charge in [-0.3, -0.25) is 4.98 Å². The number of nitrogens with zero attached hydrogens (tertiary/aromatic N) is 2. The van der Waals surface area contributed by atoms with E-state index in [1.807, 2.05) is 66.5 Å². The first-order valence-electron chi connectivity index (χ1n) is 8.11. The number of esters is 1. The van der Waals surface area contributed by atoms with Crippen LogP contribution in [0.1, 0.15) is 23.0 Å². The van der Waals surface area contributed by atoms with Crippen molar-refractivity contribution in [3.8, 4) is 0 Å². The van der Waals surface area contributed by atoms with Crippen LogP contribution in [0.2, 0.25) is 5.02 Å². The minimum absolute atomic E-state index is 0.329. The molecule has 0 aliphatic carbocycles. The molecule has 0 unspecified atom stereocenters. The van der Waals surface area contributed by atoms with Gasteiger partial charge in [0.1, 0.15) is 0 Å². The molecule has 0 bridgehead atoms. The maximum Gasteiger partial charge on any atom is 0.340 e. The summed E-state index contributed by atoms with van der Waals surface area (Å²) >= 11 is 6.08. The van der Waals surface area contributed by atoms with E-state index in [1.54, 1.807) is 6.92 Å². The van der Waals surface area contributed by atoms with E-state index in [1.165, 1.54) is 0 Å². The van der Waals surface area contributed by atoms with Crippen LogP contribution in [0.5, 0.6) is 0 Å². The minimum atomic E-state index is -0.352. The number of fused-ring (bicyclic) bond motifs is 1. The van der Waals surface area contributed by atoms with Gasteiger partial charge in [0.15, 0.2) is 0 Å². The van der Waals surface area contributed by atoms with Crippen molar-refractivity contribution < 1.29 is 9.53 Å². The van der Waals surface area contributed by atoms with E-state index >= 15 is 0 Å². The number of ether oxygens (including phenoxy) is 1. The van der Waals surface area contributed by atoms with Crippen molar-refractivity contribution in [3.05, 3.63) is 70.9 Å². The molecule has 3 aromatic rings. The Balaban J connectivity index is 2.00. The lowest BCUT2D eigenvalue weighted by molar-refractivity contribution is 0.0524. The third-order valence-corrected chi connectivity index (χ3v) is 4.17. The van der Waals surface area contributed by atoms with Crippen LogP contribution >= 0.6 is 11.6 Å². The Morgan fingerprint density at radius 2 is 1.96 bits per heavy atom. The average molecular weight is 355 g/mol. The molecular weight excluding hydrogens is 336 g/mol. The molecule has 0 fully saturated rings. The third-order valence-electron chi connectivity index (χ3n) is 3.93. The summed E-state index contributed by atoms with van der Waals surface area (Å²) in [5, 5.41) is 1.58. The van der Waals surface area contributed by atoms with Crippen molar-refractivity contribution >= 4 is 34.2 Å². The lowest BCUT2D eigenvalue weighted by Crippen LogP contribution is -2.20. The molecule has 0 saturated heterocycles. The molecule has 0 amide bonds. The number of hydrogen-bond acceptors (Lipinski definition) is 4. The highest BCUT2D eigenvalue weighted by Gasteiger charge is 2.17. The molecule has 0 atom stereocenters. The standard InChI is InChI=1S/C20H19ClN2O2/c1-3-25-20(24)17-11-14-7-4-5-10-18(14)22-19(17)13-23(2)16-9-6-8-15(21)12-16/h4-12H,3,13H2,1-2H3. The van der Waals surface area contributed by atoms with Crippen LogP contribution in [0.25, 0.3) is 10.9 Å². The molecule has 1 aromatic heterocycles. The van der Waals surface area contributed by atoms with Gasteiger partial charge in [0.25, 0.3) is 0 Å². The molecule has 1 heterocycles. The number of halogens is 1.